The molecule has 1 atom stereocenters. The molecule has 0 radical (unpaired) electrons. The fourth-order valence-corrected chi connectivity index (χ4v) is 1.82. The Morgan fingerprint density at radius 2 is 2.11 bits per heavy atom. The second-order valence-corrected chi connectivity index (χ2v) is 3.81. The van der Waals surface area contributed by atoms with Gasteiger partial charge in [-0.2, -0.15) is 0 Å². The maximum absolute atomic E-state index is 11.4. The Kier molecular flexibility index (Phi) is 4.75. The highest BCUT2D eigenvalue weighted by molar-refractivity contribution is 6.08. The van der Waals surface area contributed by atoms with Gasteiger partial charge in [-0.15, -0.1) is 0 Å². The quantitative estimate of drug-likeness (QED) is 0.613. The first-order chi connectivity index (χ1) is 8.49. The summed E-state index contributed by atoms with van der Waals surface area (Å²) in [5, 5.41) is 2.59. The molecule has 1 amide bonds. The van der Waals surface area contributed by atoms with Gasteiger partial charge in [0.25, 0.3) is 0 Å². The molecule has 0 heterocycles. The third kappa shape index (κ3) is 2.83. The molecule has 1 aliphatic carbocycles. The smallest absolute Gasteiger partial charge is 0.337 e. The summed E-state index contributed by atoms with van der Waals surface area (Å²) in [4.78, 5) is 22.6. The number of hydrogen-bond donors (Lipinski definition) is 1. The van der Waals surface area contributed by atoms with Crippen molar-refractivity contribution in [2.45, 2.75) is 19.1 Å². The molecule has 100 valence electrons. The summed E-state index contributed by atoms with van der Waals surface area (Å²) < 4.78 is 14.5. The third-order valence-corrected chi connectivity index (χ3v) is 2.69. The molecule has 0 fully saturated rings. The lowest BCUT2D eigenvalue weighted by atomic mass is 9.97. The number of methoxy groups -OCH3 is 2. The van der Waals surface area contributed by atoms with E-state index in [-0.39, 0.29) is 23.7 Å². The van der Waals surface area contributed by atoms with Crippen molar-refractivity contribution in [2.24, 2.45) is 0 Å². The predicted octanol–water partition coefficient (Wildman–Crippen LogP) is 1.02. The zero-order chi connectivity index (χ0) is 13.8. The van der Waals surface area contributed by atoms with Crippen molar-refractivity contribution in [2.75, 3.05) is 14.2 Å². The molecule has 1 unspecified atom stereocenters. The molecule has 6 nitrogen and oxygen atoms in total. The van der Waals surface area contributed by atoms with Crippen molar-refractivity contribution >= 4 is 23.7 Å². The summed E-state index contributed by atoms with van der Waals surface area (Å²) in [6.07, 6.45) is 3.14. The van der Waals surface area contributed by atoms with Gasteiger partial charge in [0.15, 0.2) is 5.76 Å². The van der Waals surface area contributed by atoms with E-state index in [9.17, 15) is 9.59 Å². The van der Waals surface area contributed by atoms with Crippen molar-refractivity contribution in [1.29, 1.82) is 0 Å². The van der Waals surface area contributed by atoms with Crippen LogP contribution in [0.1, 0.15) is 13.3 Å². The van der Waals surface area contributed by atoms with Crippen molar-refractivity contribution < 1.29 is 23.4 Å². The standard InChI is InChI=1S/C11H14ClNO5/c1-7(14)13-11(17-3)5-4-8(10(15)16-2)6-9(11)18-12/h4,6H,5H2,1-3H3,(H,13,14). The minimum atomic E-state index is -1.20. The second-order valence-electron chi connectivity index (χ2n) is 3.65. The summed E-state index contributed by atoms with van der Waals surface area (Å²) >= 11 is 5.36. The van der Waals surface area contributed by atoms with Crippen LogP contribution in [0.25, 0.3) is 0 Å². The van der Waals surface area contributed by atoms with Crippen LogP contribution in [0.2, 0.25) is 0 Å². The van der Waals surface area contributed by atoms with Crippen LogP contribution in [0.3, 0.4) is 0 Å². The monoisotopic (exact) mass is 275 g/mol. The maximum Gasteiger partial charge on any atom is 0.337 e. The van der Waals surface area contributed by atoms with Crippen LogP contribution in [-0.2, 0) is 23.4 Å². The van der Waals surface area contributed by atoms with Gasteiger partial charge >= 0.3 is 5.97 Å². The van der Waals surface area contributed by atoms with E-state index < -0.39 is 11.7 Å². The van der Waals surface area contributed by atoms with Crippen LogP contribution in [0.4, 0.5) is 0 Å². The summed E-state index contributed by atoms with van der Waals surface area (Å²) in [7, 11) is 2.67. The summed E-state index contributed by atoms with van der Waals surface area (Å²) in [6.45, 7) is 1.34. The SMILES string of the molecule is COC(=O)C1=CCC(NC(C)=O)(OC)C(OCl)=C1. The fourth-order valence-electron chi connectivity index (χ4n) is 1.65. The molecule has 1 rings (SSSR count). The van der Waals surface area contributed by atoms with Crippen LogP contribution in [0.15, 0.2) is 23.5 Å². The van der Waals surface area contributed by atoms with Gasteiger partial charge in [0.05, 0.1) is 12.7 Å². The molecule has 0 spiro atoms. The van der Waals surface area contributed by atoms with E-state index in [1.165, 1.54) is 27.2 Å². The highest BCUT2D eigenvalue weighted by Crippen LogP contribution is 2.31. The number of rotatable bonds is 4. The molecular formula is C11H14ClNO5. The van der Waals surface area contributed by atoms with E-state index in [2.05, 4.69) is 14.3 Å². The Morgan fingerprint density at radius 3 is 2.56 bits per heavy atom. The topological polar surface area (TPSA) is 73.9 Å². The maximum atomic E-state index is 11.4. The first kappa shape index (κ1) is 14.5. The number of esters is 1. The molecule has 0 bridgehead atoms. The number of amides is 1. The zero-order valence-corrected chi connectivity index (χ0v) is 11.0. The van der Waals surface area contributed by atoms with Crippen molar-refractivity contribution in [3.8, 4) is 0 Å². The first-order valence-electron chi connectivity index (χ1n) is 5.12. The lowest BCUT2D eigenvalue weighted by molar-refractivity contribution is -0.135. The Morgan fingerprint density at radius 1 is 1.44 bits per heavy atom. The van der Waals surface area contributed by atoms with Crippen LogP contribution < -0.4 is 5.32 Å². The minimum absolute atomic E-state index is 0.116. The Labute approximate surface area is 110 Å². The van der Waals surface area contributed by atoms with E-state index in [0.29, 0.717) is 0 Å². The van der Waals surface area contributed by atoms with Crippen molar-refractivity contribution in [3.05, 3.63) is 23.5 Å². The molecule has 0 aromatic heterocycles. The number of carbonyl (C=O) groups excluding carboxylic acids is 2. The minimum Gasteiger partial charge on any atom is -0.465 e. The van der Waals surface area contributed by atoms with E-state index in [4.69, 9.17) is 16.6 Å². The number of halogens is 1. The Bertz CT molecular complexity index is 418. The van der Waals surface area contributed by atoms with Gasteiger partial charge in [0.2, 0.25) is 11.6 Å². The average molecular weight is 276 g/mol. The molecule has 0 saturated carbocycles. The van der Waals surface area contributed by atoms with Gasteiger partial charge in [0, 0.05) is 20.5 Å². The molecule has 0 saturated heterocycles. The van der Waals surface area contributed by atoms with E-state index in [0.717, 1.165) is 0 Å². The summed E-state index contributed by atoms with van der Waals surface area (Å²) in [6, 6.07) is 0. The van der Waals surface area contributed by atoms with Crippen LogP contribution >= 0.6 is 11.9 Å². The van der Waals surface area contributed by atoms with Crippen LogP contribution in [-0.4, -0.2) is 31.8 Å². The van der Waals surface area contributed by atoms with E-state index in [1.54, 1.807) is 6.08 Å². The molecular weight excluding hydrogens is 262 g/mol. The second kappa shape index (κ2) is 5.88. The van der Waals surface area contributed by atoms with Gasteiger partial charge in [-0.05, 0) is 6.08 Å². The molecule has 18 heavy (non-hydrogen) atoms. The normalized spacial score (nSPS) is 22.7. The number of carbonyl (C=O) groups is 2. The van der Waals surface area contributed by atoms with Crippen LogP contribution in [0, 0.1) is 0 Å². The van der Waals surface area contributed by atoms with Gasteiger partial charge in [-0.25, -0.2) is 4.79 Å². The molecule has 1 N–H and O–H groups in total. The molecule has 0 aliphatic heterocycles. The average Bonchev–Trinajstić information content (AvgIpc) is 2.37. The van der Waals surface area contributed by atoms with Gasteiger partial charge in [-0.3, -0.25) is 4.79 Å². The lowest BCUT2D eigenvalue weighted by Crippen LogP contribution is -2.51. The van der Waals surface area contributed by atoms with E-state index >= 15 is 0 Å². The summed E-state index contributed by atoms with van der Waals surface area (Å²) in [5.41, 5.74) is -0.920. The first-order valence-corrected chi connectivity index (χ1v) is 5.43. The van der Waals surface area contributed by atoms with Gasteiger partial charge in [-0.1, -0.05) is 6.08 Å². The van der Waals surface area contributed by atoms with E-state index in [1.807, 2.05) is 0 Å². The number of hydrogen-bond acceptors (Lipinski definition) is 5. The Balaban J connectivity index is 3.07. The van der Waals surface area contributed by atoms with Crippen molar-refractivity contribution in [1.82, 2.24) is 5.32 Å². The molecule has 1 aliphatic rings. The molecule has 7 heteroatoms. The fraction of sp³-hybridized carbons (Fsp3) is 0.455. The highest BCUT2D eigenvalue weighted by atomic mass is 35.5. The lowest BCUT2D eigenvalue weighted by Gasteiger charge is -2.34. The van der Waals surface area contributed by atoms with Crippen LogP contribution in [0.5, 0.6) is 0 Å². The third-order valence-electron chi connectivity index (χ3n) is 2.52. The number of ether oxygens (including phenoxy) is 2. The Hall–Kier alpha value is -1.53. The molecule has 0 aromatic carbocycles. The van der Waals surface area contributed by atoms with Gasteiger partial charge in [0.1, 0.15) is 11.9 Å². The molecule has 0 aromatic rings. The zero-order valence-electron chi connectivity index (χ0n) is 10.3. The largest absolute Gasteiger partial charge is 0.465 e. The summed E-state index contributed by atoms with van der Waals surface area (Å²) in [5.74, 6) is -0.718. The number of nitrogens with one attached hydrogen (secondary N) is 1. The van der Waals surface area contributed by atoms with Crippen molar-refractivity contribution in [3.63, 3.8) is 0 Å². The van der Waals surface area contributed by atoms with Gasteiger partial charge < -0.3 is 19.1 Å². The predicted molar refractivity (Wildman–Crippen MR) is 63.3 cm³/mol. The highest BCUT2D eigenvalue weighted by Gasteiger charge is 2.40.